The number of benzene rings is 1. The van der Waals surface area contributed by atoms with Crippen molar-refractivity contribution in [2.75, 3.05) is 27.9 Å². The van der Waals surface area contributed by atoms with Crippen molar-refractivity contribution in [3.63, 3.8) is 0 Å². The van der Waals surface area contributed by atoms with E-state index in [1.54, 1.807) is 0 Å². The number of aliphatic hydroxyl groups is 1. The normalized spacial score (nSPS) is 11.4. The number of amides is 1. The van der Waals surface area contributed by atoms with Gasteiger partial charge in [0.1, 0.15) is 5.75 Å². The third kappa shape index (κ3) is 3.99. The van der Waals surface area contributed by atoms with Crippen molar-refractivity contribution in [3.05, 3.63) is 17.7 Å². The van der Waals surface area contributed by atoms with Crippen LogP contribution in [0.25, 0.3) is 0 Å². The molecule has 116 valence electrons. The molecule has 0 aliphatic heterocycles. The summed E-state index contributed by atoms with van der Waals surface area (Å²) in [5.74, 6) is -1.09. The van der Waals surface area contributed by atoms with Crippen molar-refractivity contribution in [1.29, 1.82) is 0 Å². The lowest BCUT2D eigenvalue weighted by Gasteiger charge is -2.14. The number of carbonyl (C=O) groups excluding carboxylic acids is 1. The Morgan fingerprint density at radius 2 is 1.62 bits per heavy atom. The minimum absolute atomic E-state index is 0.132. The number of rotatable bonds is 7. The van der Waals surface area contributed by atoms with E-state index < -0.39 is 24.5 Å². The molecule has 1 atom stereocenters. The molecule has 0 bridgehead atoms. The first-order valence-corrected chi connectivity index (χ1v) is 5.93. The number of aliphatic carboxylic acids is 1. The van der Waals surface area contributed by atoms with Crippen molar-refractivity contribution in [3.8, 4) is 17.2 Å². The lowest BCUT2D eigenvalue weighted by molar-refractivity contribution is -0.146. The highest BCUT2D eigenvalue weighted by atomic mass is 16.5. The van der Waals surface area contributed by atoms with Crippen LogP contribution in [-0.2, 0) is 4.79 Å². The zero-order valence-electron chi connectivity index (χ0n) is 11.9. The maximum Gasteiger partial charge on any atom is 0.334 e. The van der Waals surface area contributed by atoms with Crippen molar-refractivity contribution in [2.45, 2.75) is 6.10 Å². The Labute approximate surface area is 121 Å². The predicted molar refractivity (Wildman–Crippen MR) is 72.1 cm³/mol. The van der Waals surface area contributed by atoms with Crippen molar-refractivity contribution in [1.82, 2.24) is 5.32 Å². The fourth-order valence-electron chi connectivity index (χ4n) is 1.58. The molecule has 0 spiro atoms. The number of carbonyl (C=O) groups is 2. The minimum atomic E-state index is -1.68. The summed E-state index contributed by atoms with van der Waals surface area (Å²) < 4.78 is 15.3. The Hall–Kier alpha value is -2.48. The Balaban J connectivity index is 2.99. The highest BCUT2D eigenvalue weighted by molar-refractivity contribution is 5.98. The van der Waals surface area contributed by atoms with Gasteiger partial charge in [-0.25, -0.2) is 4.79 Å². The Morgan fingerprint density at radius 1 is 1.10 bits per heavy atom. The van der Waals surface area contributed by atoms with Crippen LogP contribution in [0.5, 0.6) is 17.2 Å². The fraction of sp³-hybridized carbons (Fsp3) is 0.385. The van der Waals surface area contributed by atoms with Gasteiger partial charge in [-0.2, -0.15) is 0 Å². The molecule has 8 heteroatoms. The monoisotopic (exact) mass is 299 g/mol. The molecule has 1 rings (SSSR count). The van der Waals surface area contributed by atoms with Crippen LogP contribution in [-0.4, -0.2) is 56.1 Å². The molecular formula is C13H17NO7. The van der Waals surface area contributed by atoms with Crippen LogP contribution in [0.15, 0.2) is 12.1 Å². The number of hydrogen-bond acceptors (Lipinski definition) is 6. The molecule has 0 aliphatic rings. The van der Waals surface area contributed by atoms with Crippen LogP contribution >= 0.6 is 0 Å². The number of carboxylic acid groups (broad SMARTS) is 1. The first-order valence-electron chi connectivity index (χ1n) is 5.93. The first-order chi connectivity index (χ1) is 9.94. The van der Waals surface area contributed by atoms with E-state index in [1.807, 2.05) is 0 Å². The van der Waals surface area contributed by atoms with E-state index >= 15 is 0 Å². The molecular weight excluding hydrogens is 282 g/mol. The summed E-state index contributed by atoms with van der Waals surface area (Å²) in [5, 5.41) is 20.0. The maximum atomic E-state index is 12.0. The topological polar surface area (TPSA) is 114 Å². The molecule has 0 saturated heterocycles. The van der Waals surface area contributed by atoms with E-state index in [-0.39, 0.29) is 11.3 Å². The van der Waals surface area contributed by atoms with Gasteiger partial charge in [-0.15, -0.1) is 0 Å². The third-order valence-corrected chi connectivity index (χ3v) is 2.69. The van der Waals surface area contributed by atoms with Gasteiger partial charge in [-0.05, 0) is 0 Å². The van der Waals surface area contributed by atoms with Crippen molar-refractivity contribution < 1.29 is 34.0 Å². The van der Waals surface area contributed by atoms with Gasteiger partial charge in [0.15, 0.2) is 17.6 Å². The molecule has 1 aromatic carbocycles. The smallest absolute Gasteiger partial charge is 0.334 e. The number of methoxy groups -OCH3 is 3. The molecule has 0 aromatic heterocycles. The summed E-state index contributed by atoms with van der Waals surface area (Å²) in [6.07, 6.45) is -1.68. The van der Waals surface area contributed by atoms with E-state index in [1.165, 1.54) is 33.5 Å². The predicted octanol–water partition coefficient (Wildman–Crippen LogP) is -0.112. The molecule has 8 nitrogen and oxygen atoms in total. The molecule has 0 saturated carbocycles. The lowest BCUT2D eigenvalue weighted by Crippen LogP contribution is -2.36. The Morgan fingerprint density at radius 3 is 2.10 bits per heavy atom. The van der Waals surface area contributed by atoms with Crippen LogP contribution in [0.3, 0.4) is 0 Å². The fourth-order valence-corrected chi connectivity index (χ4v) is 1.58. The second-order valence-electron chi connectivity index (χ2n) is 3.97. The minimum Gasteiger partial charge on any atom is -0.496 e. The van der Waals surface area contributed by atoms with Gasteiger partial charge < -0.3 is 29.7 Å². The second kappa shape index (κ2) is 7.34. The van der Waals surface area contributed by atoms with E-state index in [0.29, 0.717) is 11.5 Å². The second-order valence-corrected chi connectivity index (χ2v) is 3.97. The quantitative estimate of drug-likeness (QED) is 0.643. The molecule has 1 aromatic rings. The number of nitrogens with one attached hydrogen (secondary N) is 1. The van der Waals surface area contributed by atoms with E-state index in [9.17, 15) is 9.59 Å². The number of carboxylic acids is 1. The molecule has 0 radical (unpaired) electrons. The van der Waals surface area contributed by atoms with Gasteiger partial charge in [-0.1, -0.05) is 0 Å². The summed E-state index contributed by atoms with van der Waals surface area (Å²) >= 11 is 0. The molecule has 0 fully saturated rings. The van der Waals surface area contributed by atoms with Crippen LogP contribution in [0.1, 0.15) is 10.4 Å². The zero-order chi connectivity index (χ0) is 16.0. The van der Waals surface area contributed by atoms with Crippen LogP contribution < -0.4 is 19.5 Å². The average molecular weight is 299 g/mol. The first kappa shape index (κ1) is 16.6. The molecule has 0 heterocycles. The molecule has 0 aliphatic carbocycles. The van der Waals surface area contributed by atoms with E-state index in [2.05, 4.69) is 5.32 Å². The SMILES string of the molecule is COc1cc(OC)c(C(=O)NC[C@H](O)C(=O)O)cc1OC. The number of hydrogen-bond donors (Lipinski definition) is 3. The number of aliphatic hydroxyl groups excluding tert-OH is 1. The lowest BCUT2D eigenvalue weighted by atomic mass is 10.1. The van der Waals surface area contributed by atoms with Gasteiger partial charge in [0.25, 0.3) is 5.91 Å². The van der Waals surface area contributed by atoms with Gasteiger partial charge in [0, 0.05) is 12.1 Å². The van der Waals surface area contributed by atoms with E-state index in [4.69, 9.17) is 24.4 Å². The van der Waals surface area contributed by atoms with Crippen LogP contribution in [0.2, 0.25) is 0 Å². The van der Waals surface area contributed by atoms with Gasteiger partial charge in [0.05, 0.1) is 33.4 Å². The molecule has 0 unspecified atom stereocenters. The molecule has 1 amide bonds. The van der Waals surface area contributed by atoms with E-state index in [0.717, 1.165) is 0 Å². The maximum absolute atomic E-state index is 12.0. The largest absolute Gasteiger partial charge is 0.496 e. The summed E-state index contributed by atoms with van der Waals surface area (Å²) in [4.78, 5) is 22.5. The average Bonchev–Trinajstić information content (AvgIpc) is 2.50. The van der Waals surface area contributed by atoms with Crippen LogP contribution in [0, 0.1) is 0 Å². The van der Waals surface area contributed by atoms with Crippen molar-refractivity contribution >= 4 is 11.9 Å². The Kier molecular flexibility index (Phi) is 5.79. The highest BCUT2D eigenvalue weighted by Crippen LogP contribution is 2.34. The summed E-state index contributed by atoms with van der Waals surface area (Å²) in [6.45, 7) is -0.425. The summed E-state index contributed by atoms with van der Waals surface area (Å²) in [7, 11) is 4.24. The molecule has 3 N–H and O–H groups in total. The van der Waals surface area contributed by atoms with Gasteiger partial charge in [0.2, 0.25) is 0 Å². The van der Waals surface area contributed by atoms with Gasteiger partial charge >= 0.3 is 5.97 Å². The zero-order valence-corrected chi connectivity index (χ0v) is 11.9. The standard InChI is InChI=1S/C13H17NO7/c1-19-9-5-11(21-3)10(20-2)4-7(9)12(16)14-6-8(15)13(17)18/h4-5,8,15H,6H2,1-3H3,(H,14,16)(H,17,18)/t8-/m0/s1. The van der Waals surface area contributed by atoms with Crippen molar-refractivity contribution in [2.24, 2.45) is 0 Å². The van der Waals surface area contributed by atoms with Gasteiger partial charge in [-0.3, -0.25) is 4.79 Å². The third-order valence-electron chi connectivity index (χ3n) is 2.69. The highest BCUT2D eigenvalue weighted by Gasteiger charge is 2.20. The number of ether oxygens (including phenoxy) is 3. The van der Waals surface area contributed by atoms with Crippen LogP contribution in [0.4, 0.5) is 0 Å². The Bertz CT molecular complexity index is 529. The molecule has 21 heavy (non-hydrogen) atoms. The summed E-state index contributed by atoms with van der Waals surface area (Å²) in [5.41, 5.74) is 0.132. The summed E-state index contributed by atoms with van der Waals surface area (Å²) in [6, 6.07) is 2.88.